The van der Waals surface area contributed by atoms with Crippen molar-refractivity contribution in [3.8, 4) is 11.5 Å². The topological polar surface area (TPSA) is 78.7 Å². The van der Waals surface area contributed by atoms with Gasteiger partial charge in [-0.15, -0.1) is 0 Å². The SMILES string of the molecule is COc1cc(Br)c(C=O)c([N+](=O)[O-])c1OC. The summed E-state index contributed by atoms with van der Waals surface area (Å²) < 4.78 is 10.1. The Kier molecular flexibility index (Phi) is 3.83. The van der Waals surface area contributed by atoms with Gasteiger partial charge in [-0.2, -0.15) is 0 Å². The highest BCUT2D eigenvalue weighted by Gasteiger charge is 2.27. The van der Waals surface area contributed by atoms with Crippen LogP contribution >= 0.6 is 15.9 Å². The Morgan fingerprint density at radius 1 is 1.44 bits per heavy atom. The third-order valence-electron chi connectivity index (χ3n) is 1.93. The number of ether oxygens (including phenoxy) is 2. The fraction of sp³-hybridized carbons (Fsp3) is 0.222. The maximum atomic E-state index is 10.9. The maximum Gasteiger partial charge on any atom is 0.326 e. The van der Waals surface area contributed by atoms with Crippen LogP contribution in [0.1, 0.15) is 10.4 Å². The fourth-order valence-electron chi connectivity index (χ4n) is 1.25. The number of carbonyl (C=O) groups excluding carboxylic acids is 1. The fourth-order valence-corrected chi connectivity index (χ4v) is 1.74. The number of benzene rings is 1. The van der Waals surface area contributed by atoms with Gasteiger partial charge in [0.15, 0.2) is 12.0 Å². The molecule has 1 aromatic carbocycles. The highest BCUT2D eigenvalue weighted by atomic mass is 79.9. The van der Waals surface area contributed by atoms with Gasteiger partial charge in [0.05, 0.1) is 19.1 Å². The number of methoxy groups -OCH3 is 2. The normalized spacial score (nSPS) is 9.69. The van der Waals surface area contributed by atoms with Gasteiger partial charge in [0.25, 0.3) is 0 Å². The molecule has 6 nitrogen and oxygen atoms in total. The number of rotatable bonds is 4. The highest BCUT2D eigenvalue weighted by molar-refractivity contribution is 9.10. The van der Waals surface area contributed by atoms with Crippen molar-refractivity contribution in [3.05, 3.63) is 26.2 Å². The zero-order chi connectivity index (χ0) is 12.3. The van der Waals surface area contributed by atoms with Crippen molar-refractivity contribution < 1.29 is 19.2 Å². The Hall–Kier alpha value is -1.63. The summed E-state index contributed by atoms with van der Waals surface area (Å²) in [4.78, 5) is 21.0. The van der Waals surface area contributed by atoms with Gasteiger partial charge in [-0.1, -0.05) is 0 Å². The molecule has 0 radical (unpaired) electrons. The molecule has 0 atom stereocenters. The van der Waals surface area contributed by atoms with E-state index in [0.717, 1.165) is 0 Å². The van der Waals surface area contributed by atoms with Crippen molar-refractivity contribution in [2.45, 2.75) is 0 Å². The Bertz CT molecular complexity index is 446. The zero-order valence-corrected chi connectivity index (χ0v) is 10.1. The average Bonchev–Trinajstić information content (AvgIpc) is 2.27. The van der Waals surface area contributed by atoms with E-state index < -0.39 is 10.6 Å². The molecule has 0 heterocycles. The van der Waals surface area contributed by atoms with Gasteiger partial charge in [-0.3, -0.25) is 14.9 Å². The van der Waals surface area contributed by atoms with Crippen molar-refractivity contribution in [1.82, 2.24) is 0 Å². The lowest BCUT2D eigenvalue weighted by atomic mass is 10.1. The number of nitro groups is 1. The number of carbonyl (C=O) groups is 1. The van der Waals surface area contributed by atoms with E-state index in [1.807, 2.05) is 0 Å². The molecule has 0 bridgehead atoms. The number of hydrogen-bond donors (Lipinski definition) is 0. The van der Waals surface area contributed by atoms with Crippen LogP contribution in [0.5, 0.6) is 11.5 Å². The summed E-state index contributed by atoms with van der Waals surface area (Å²) in [5.74, 6) is 0.115. The summed E-state index contributed by atoms with van der Waals surface area (Å²) in [6, 6.07) is 1.44. The van der Waals surface area contributed by atoms with Gasteiger partial charge in [0, 0.05) is 4.47 Å². The molecule has 0 N–H and O–H groups in total. The van der Waals surface area contributed by atoms with Crippen LogP contribution in [0.15, 0.2) is 10.5 Å². The van der Waals surface area contributed by atoms with Crippen LogP contribution in [0.3, 0.4) is 0 Å². The first-order chi connectivity index (χ1) is 7.56. The Labute approximate surface area is 99.4 Å². The maximum absolute atomic E-state index is 10.9. The molecular weight excluding hydrogens is 282 g/mol. The number of hydrogen-bond acceptors (Lipinski definition) is 5. The summed E-state index contributed by atoms with van der Waals surface area (Å²) in [6.45, 7) is 0. The molecule has 0 aliphatic heterocycles. The van der Waals surface area contributed by atoms with Crippen LogP contribution in [0, 0.1) is 10.1 Å². The molecule has 0 fully saturated rings. The van der Waals surface area contributed by atoms with Gasteiger partial charge >= 0.3 is 5.69 Å². The molecule has 0 amide bonds. The smallest absolute Gasteiger partial charge is 0.326 e. The zero-order valence-electron chi connectivity index (χ0n) is 8.52. The van der Waals surface area contributed by atoms with Gasteiger partial charge < -0.3 is 9.47 Å². The van der Waals surface area contributed by atoms with Gasteiger partial charge in [0.1, 0.15) is 5.56 Å². The van der Waals surface area contributed by atoms with E-state index in [9.17, 15) is 14.9 Å². The van der Waals surface area contributed by atoms with Crippen molar-refractivity contribution >= 4 is 27.9 Å². The van der Waals surface area contributed by atoms with E-state index in [1.165, 1.54) is 20.3 Å². The molecule has 7 heteroatoms. The van der Waals surface area contributed by atoms with Crippen LogP contribution in [0.25, 0.3) is 0 Å². The van der Waals surface area contributed by atoms with Crippen molar-refractivity contribution in [2.75, 3.05) is 14.2 Å². The molecule has 0 saturated heterocycles. The summed E-state index contributed by atoms with van der Waals surface area (Å²) in [5, 5.41) is 10.9. The molecule has 0 aliphatic carbocycles. The van der Waals surface area contributed by atoms with E-state index in [4.69, 9.17) is 9.47 Å². The van der Waals surface area contributed by atoms with Crippen LogP contribution in [-0.4, -0.2) is 25.4 Å². The quantitative estimate of drug-likeness (QED) is 0.482. The van der Waals surface area contributed by atoms with E-state index in [-0.39, 0.29) is 21.5 Å². The lowest BCUT2D eigenvalue weighted by Crippen LogP contribution is -2.01. The highest BCUT2D eigenvalue weighted by Crippen LogP contribution is 2.42. The monoisotopic (exact) mass is 289 g/mol. The third kappa shape index (κ3) is 1.99. The molecular formula is C9H8BrNO5. The van der Waals surface area contributed by atoms with E-state index in [0.29, 0.717) is 6.29 Å². The van der Waals surface area contributed by atoms with Crippen molar-refractivity contribution in [1.29, 1.82) is 0 Å². The van der Waals surface area contributed by atoms with E-state index >= 15 is 0 Å². The molecule has 0 spiro atoms. The summed E-state index contributed by atoms with van der Waals surface area (Å²) in [6.07, 6.45) is 0.393. The molecule has 0 aromatic heterocycles. The standard InChI is InChI=1S/C9H8BrNO5/c1-15-7-3-6(10)5(4-12)8(11(13)14)9(7)16-2/h3-4H,1-2H3. The predicted molar refractivity (Wildman–Crippen MR) is 59.3 cm³/mol. The molecule has 0 saturated carbocycles. The summed E-state index contributed by atoms with van der Waals surface area (Å²) in [7, 11) is 2.63. The third-order valence-corrected chi connectivity index (χ3v) is 2.59. The number of nitrogens with zero attached hydrogens (tertiary/aromatic N) is 1. The molecule has 1 aromatic rings. The minimum atomic E-state index is -0.685. The Morgan fingerprint density at radius 3 is 2.44 bits per heavy atom. The number of nitro benzene ring substituents is 1. The number of aldehydes is 1. The first-order valence-electron chi connectivity index (χ1n) is 4.10. The van der Waals surface area contributed by atoms with Crippen LogP contribution in [0.2, 0.25) is 0 Å². The second-order valence-corrected chi connectivity index (χ2v) is 3.59. The van der Waals surface area contributed by atoms with Gasteiger partial charge in [-0.05, 0) is 22.0 Å². The van der Waals surface area contributed by atoms with E-state index in [2.05, 4.69) is 15.9 Å². The Morgan fingerprint density at radius 2 is 2.06 bits per heavy atom. The van der Waals surface area contributed by atoms with Gasteiger partial charge in [0.2, 0.25) is 5.75 Å². The molecule has 86 valence electrons. The van der Waals surface area contributed by atoms with Crippen molar-refractivity contribution in [3.63, 3.8) is 0 Å². The lowest BCUT2D eigenvalue weighted by molar-refractivity contribution is -0.386. The molecule has 16 heavy (non-hydrogen) atoms. The lowest BCUT2D eigenvalue weighted by Gasteiger charge is -2.10. The minimum Gasteiger partial charge on any atom is -0.493 e. The van der Waals surface area contributed by atoms with E-state index in [1.54, 1.807) is 0 Å². The second kappa shape index (κ2) is 4.93. The molecule has 1 rings (SSSR count). The Balaban J connectivity index is 3.66. The van der Waals surface area contributed by atoms with Gasteiger partial charge in [-0.25, -0.2) is 0 Å². The number of halogens is 1. The summed E-state index contributed by atoms with van der Waals surface area (Å²) in [5.41, 5.74) is -0.494. The first-order valence-corrected chi connectivity index (χ1v) is 4.90. The average molecular weight is 290 g/mol. The van der Waals surface area contributed by atoms with Crippen LogP contribution in [-0.2, 0) is 0 Å². The molecule has 0 unspecified atom stereocenters. The molecule has 0 aliphatic rings. The summed E-state index contributed by atoms with van der Waals surface area (Å²) >= 11 is 3.06. The largest absolute Gasteiger partial charge is 0.493 e. The second-order valence-electron chi connectivity index (χ2n) is 2.73. The van der Waals surface area contributed by atoms with Crippen molar-refractivity contribution in [2.24, 2.45) is 0 Å². The first kappa shape index (κ1) is 12.4. The van der Waals surface area contributed by atoms with Crippen LogP contribution < -0.4 is 9.47 Å². The van der Waals surface area contributed by atoms with Crippen LogP contribution in [0.4, 0.5) is 5.69 Å². The minimum absolute atomic E-state index is 0.0715. The predicted octanol–water partition coefficient (Wildman–Crippen LogP) is 2.19.